The van der Waals surface area contributed by atoms with E-state index < -0.39 is 18.7 Å². The molecule has 12 heavy (non-hydrogen) atoms. The van der Waals surface area contributed by atoms with Gasteiger partial charge in [-0.15, -0.1) is 0 Å². The third-order valence-electron chi connectivity index (χ3n) is 2.09. The maximum Gasteiger partial charge on any atom is 0.391 e. The molecular formula is C8H13F3O. The first-order valence-electron chi connectivity index (χ1n) is 4.16. The van der Waals surface area contributed by atoms with Gasteiger partial charge in [0.05, 0.1) is 12.5 Å². The van der Waals surface area contributed by atoms with Crippen LogP contribution >= 0.6 is 0 Å². The Balaban J connectivity index is 2.32. The van der Waals surface area contributed by atoms with Gasteiger partial charge < -0.3 is 4.74 Å². The van der Waals surface area contributed by atoms with E-state index in [0.717, 1.165) is 6.42 Å². The molecule has 0 aromatic carbocycles. The van der Waals surface area contributed by atoms with Crippen LogP contribution < -0.4 is 0 Å². The minimum atomic E-state index is -4.08. The van der Waals surface area contributed by atoms with Crippen LogP contribution in [0.4, 0.5) is 13.2 Å². The first-order valence-corrected chi connectivity index (χ1v) is 4.16. The van der Waals surface area contributed by atoms with E-state index in [2.05, 4.69) is 0 Å². The van der Waals surface area contributed by atoms with Gasteiger partial charge in [-0.3, -0.25) is 0 Å². The van der Waals surface area contributed by atoms with Gasteiger partial charge in [0.2, 0.25) is 0 Å². The Morgan fingerprint density at radius 1 is 1.42 bits per heavy atom. The van der Waals surface area contributed by atoms with Crippen molar-refractivity contribution in [3.63, 3.8) is 0 Å². The van der Waals surface area contributed by atoms with Crippen molar-refractivity contribution < 1.29 is 17.9 Å². The summed E-state index contributed by atoms with van der Waals surface area (Å²) >= 11 is 0. The zero-order valence-corrected chi connectivity index (χ0v) is 7.03. The molecule has 0 saturated carbocycles. The molecule has 1 saturated heterocycles. The number of alkyl halides is 3. The topological polar surface area (TPSA) is 9.23 Å². The summed E-state index contributed by atoms with van der Waals surface area (Å²) in [7, 11) is 0. The maximum atomic E-state index is 11.9. The molecule has 2 atom stereocenters. The van der Waals surface area contributed by atoms with Crippen LogP contribution in [0.2, 0.25) is 0 Å². The summed E-state index contributed by atoms with van der Waals surface area (Å²) in [5.41, 5.74) is 0. The highest BCUT2D eigenvalue weighted by Crippen LogP contribution is 2.29. The summed E-state index contributed by atoms with van der Waals surface area (Å²) in [6, 6.07) is 0. The smallest absolute Gasteiger partial charge is 0.378 e. The Labute approximate surface area is 69.9 Å². The maximum absolute atomic E-state index is 11.9. The van der Waals surface area contributed by atoms with Crippen LogP contribution in [-0.2, 0) is 4.74 Å². The lowest BCUT2D eigenvalue weighted by Gasteiger charge is -2.27. The fourth-order valence-corrected chi connectivity index (χ4v) is 1.47. The molecule has 0 aliphatic carbocycles. The molecule has 0 bridgehead atoms. The first-order chi connectivity index (χ1) is 5.47. The Morgan fingerprint density at radius 2 is 2.08 bits per heavy atom. The molecule has 0 N–H and O–H groups in total. The van der Waals surface area contributed by atoms with Crippen LogP contribution in [0, 0.1) is 5.92 Å². The number of rotatable bonds is 1. The van der Waals surface area contributed by atoms with Gasteiger partial charge in [0.15, 0.2) is 0 Å². The number of hydrogen-bond donors (Lipinski definition) is 0. The highest BCUT2D eigenvalue weighted by atomic mass is 19.4. The van der Waals surface area contributed by atoms with Gasteiger partial charge in [0.25, 0.3) is 0 Å². The summed E-state index contributed by atoms with van der Waals surface area (Å²) < 4.78 is 40.7. The van der Waals surface area contributed by atoms with Gasteiger partial charge in [0.1, 0.15) is 0 Å². The van der Waals surface area contributed by atoms with Crippen LogP contribution in [-0.4, -0.2) is 18.9 Å². The Morgan fingerprint density at radius 3 is 2.58 bits per heavy atom. The third kappa shape index (κ3) is 3.43. The van der Waals surface area contributed by atoms with Crippen molar-refractivity contribution >= 4 is 0 Å². The Hall–Kier alpha value is -0.250. The minimum absolute atomic E-state index is 0.367. The molecule has 0 amide bonds. The summed E-state index contributed by atoms with van der Waals surface area (Å²) in [4.78, 5) is 0. The molecule has 1 aliphatic rings. The number of ether oxygens (including phenoxy) is 1. The van der Waals surface area contributed by atoms with Gasteiger partial charge >= 0.3 is 6.18 Å². The van der Waals surface area contributed by atoms with Crippen molar-refractivity contribution in [2.75, 3.05) is 6.61 Å². The molecule has 1 heterocycles. The van der Waals surface area contributed by atoms with Crippen molar-refractivity contribution in [3.8, 4) is 0 Å². The van der Waals surface area contributed by atoms with E-state index in [-0.39, 0.29) is 0 Å². The second-order valence-corrected chi connectivity index (χ2v) is 3.44. The Kier molecular flexibility index (Phi) is 2.99. The van der Waals surface area contributed by atoms with Crippen LogP contribution in [0.5, 0.6) is 0 Å². The van der Waals surface area contributed by atoms with E-state index in [1.165, 1.54) is 0 Å². The lowest BCUT2D eigenvalue weighted by Crippen LogP contribution is -2.29. The van der Waals surface area contributed by atoms with Gasteiger partial charge in [-0.05, 0) is 18.8 Å². The molecule has 1 fully saturated rings. The second-order valence-electron chi connectivity index (χ2n) is 3.44. The molecule has 0 spiro atoms. The molecule has 1 nitrogen and oxygen atoms in total. The average molecular weight is 182 g/mol. The van der Waals surface area contributed by atoms with Gasteiger partial charge in [-0.25, -0.2) is 0 Å². The Bertz CT molecular complexity index is 144. The van der Waals surface area contributed by atoms with E-state index in [1.807, 2.05) is 6.92 Å². The fourth-order valence-electron chi connectivity index (χ4n) is 1.47. The third-order valence-corrected chi connectivity index (χ3v) is 2.09. The van der Waals surface area contributed by atoms with Crippen molar-refractivity contribution in [3.05, 3.63) is 0 Å². The predicted octanol–water partition coefficient (Wildman–Crippen LogP) is 2.75. The monoisotopic (exact) mass is 182 g/mol. The largest absolute Gasteiger partial charge is 0.391 e. The van der Waals surface area contributed by atoms with Gasteiger partial charge in [-0.1, -0.05) is 6.92 Å². The van der Waals surface area contributed by atoms with Crippen molar-refractivity contribution in [2.24, 2.45) is 5.92 Å². The van der Waals surface area contributed by atoms with Crippen molar-refractivity contribution in [1.29, 1.82) is 0 Å². The van der Waals surface area contributed by atoms with Gasteiger partial charge in [-0.2, -0.15) is 13.2 Å². The summed E-state index contributed by atoms with van der Waals surface area (Å²) in [6.07, 6.45) is -4.05. The number of halogens is 3. The van der Waals surface area contributed by atoms with Gasteiger partial charge in [0, 0.05) is 6.61 Å². The molecule has 1 rings (SSSR count). The summed E-state index contributed by atoms with van der Waals surface area (Å²) in [5.74, 6) is 0.367. The predicted molar refractivity (Wildman–Crippen MR) is 38.8 cm³/mol. The van der Waals surface area contributed by atoms with Crippen molar-refractivity contribution in [1.82, 2.24) is 0 Å². The lowest BCUT2D eigenvalue weighted by atomic mass is 9.96. The standard InChI is InChI=1S/C8H13F3O/c1-6-2-3-12-7(4-6)5-8(9,10)11/h6-7H,2-5H2,1H3/t6-,7+/m1/s1. The van der Waals surface area contributed by atoms with E-state index in [1.54, 1.807) is 0 Å². The minimum Gasteiger partial charge on any atom is -0.378 e. The molecule has 0 aromatic heterocycles. The van der Waals surface area contributed by atoms with E-state index in [4.69, 9.17) is 4.74 Å². The highest BCUT2D eigenvalue weighted by Gasteiger charge is 2.34. The van der Waals surface area contributed by atoms with E-state index in [9.17, 15) is 13.2 Å². The lowest BCUT2D eigenvalue weighted by molar-refractivity contribution is -0.168. The zero-order valence-electron chi connectivity index (χ0n) is 7.03. The van der Waals surface area contributed by atoms with E-state index >= 15 is 0 Å². The summed E-state index contributed by atoms with van der Waals surface area (Å²) in [6.45, 7) is 2.44. The molecule has 0 aromatic rings. The molecular weight excluding hydrogens is 169 g/mol. The zero-order chi connectivity index (χ0) is 9.19. The van der Waals surface area contributed by atoms with Crippen LogP contribution in [0.15, 0.2) is 0 Å². The normalized spacial score (nSPS) is 32.0. The second kappa shape index (κ2) is 3.64. The summed E-state index contributed by atoms with van der Waals surface area (Å²) in [5, 5.41) is 0. The molecule has 72 valence electrons. The molecule has 0 unspecified atom stereocenters. The van der Waals surface area contributed by atoms with Crippen LogP contribution in [0.3, 0.4) is 0 Å². The van der Waals surface area contributed by atoms with Crippen LogP contribution in [0.25, 0.3) is 0 Å². The van der Waals surface area contributed by atoms with Crippen LogP contribution in [0.1, 0.15) is 26.2 Å². The SMILES string of the molecule is C[C@@H]1CCO[C@H](CC(F)(F)F)C1. The first kappa shape index (κ1) is 9.84. The fraction of sp³-hybridized carbons (Fsp3) is 1.00. The average Bonchev–Trinajstić information content (AvgIpc) is 1.82. The quantitative estimate of drug-likeness (QED) is 0.605. The van der Waals surface area contributed by atoms with Crippen molar-refractivity contribution in [2.45, 2.75) is 38.5 Å². The van der Waals surface area contributed by atoms with E-state index in [0.29, 0.717) is 18.9 Å². The molecule has 1 aliphatic heterocycles. The highest BCUT2D eigenvalue weighted by molar-refractivity contribution is 4.71. The number of hydrogen-bond acceptors (Lipinski definition) is 1. The molecule has 4 heteroatoms. The molecule has 0 radical (unpaired) electrons.